The predicted molar refractivity (Wildman–Crippen MR) is 286 cm³/mol. The molecule has 1 aliphatic carbocycles. The van der Waals surface area contributed by atoms with Crippen LogP contribution in [-0.2, 0) is 47.4 Å². The molecule has 0 spiro atoms. The van der Waals surface area contributed by atoms with Gasteiger partial charge < -0.3 is 78.1 Å². The number of carbonyl (C=O) groups excluding carboxylic acids is 2. The number of carbonyl (C=O) groups is 3. The van der Waals surface area contributed by atoms with Gasteiger partial charge in [0.05, 0.1) is 59.3 Å². The first kappa shape index (κ1) is 61.5. The number of aromatic carboxylic acids is 1. The van der Waals surface area contributed by atoms with Gasteiger partial charge in [-0.25, -0.2) is 14.0 Å². The first-order valence-corrected chi connectivity index (χ1v) is 27.9. The van der Waals surface area contributed by atoms with Crippen LogP contribution in [0.25, 0.3) is 10.9 Å². The van der Waals surface area contributed by atoms with Gasteiger partial charge in [-0.3, -0.25) is 14.5 Å². The Kier molecular flexibility index (Phi) is 19.7. The SMILES string of the molecule is CC[C@@H]1OC(=O)[C@H](C)[C@@H](O[C@H]2C[C@@](C)(OC)[C@@H](OCCNCCNc3cc4c(cc3F)c(=O)c(C(=O)O)cn4C3CC3)[C@H](C)O2)[C@@H](C)[C@@H](O[C@@H]2O[C@H](C)C[C@H](N(C)C)[C@H]2O)[C@](C)(O)C[C@H](C)CN(C)[C@H](C)[C@H]2OC(=O)O[C@]12C. The van der Waals surface area contributed by atoms with Crippen LogP contribution in [0.2, 0.25) is 0 Å². The van der Waals surface area contributed by atoms with E-state index in [4.69, 9.17) is 42.6 Å². The Morgan fingerprint density at radius 1 is 0.962 bits per heavy atom. The summed E-state index contributed by atoms with van der Waals surface area (Å²) in [5.74, 6) is -4.67. The van der Waals surface area contributed by atoms with Gasteiger partial charge in [0.15, 0.2) is 24.3 Å². The number of cyclic esters (lactones) is 1. The van der Waals surface area contributed by atoms with E-state index in [9.17, 15) is 34.5 Å². The molecule has 4 aliphatic heterocycles. The van der Waals surface area contributed by atoms with Crippen molar-refractivity contribution in [3.63, 3.8) is 0 Å². The monoisotopic (exact) mass is 1110 g/mol. The Hall–Kier alpha value is -4.07. The van der Waals surface area contributed by atoms with Gasteiger partial charge >= 0.3 is 18.1 Å². The van der Waals surface area contributed by atoms with Gasteiger partial charge in [-0.15, -0.1) is 0 Å². The second-order valence-electron chi connectivity index (χ2n) is 23.8. The molecule has 22 heteroatoms. The quantitative estimate of drug-likeness (QED) is 0.0997. The Balaban J connectivity index is 1.08. The zero-order valence-corrected chi connectivity index (χ0v) is 48.1. The minimum Gasteiger partial charge on any atom is -0.477 e. The number of ether oxygens (including phenoxy) is 9. The molecular formula is C56H88FN5O16. The van der Waals surface area contributed by atoms with Crippen molar-refractivity contribution in [2.45, 2.75) is 204 Å². The molecule has 5 heterocycles. The minimum atomic E-state index is -1.61. The molecule has 5 N–H and O–H groups in total. The second-order valence-corrected chi connectivity index (χ2v) is 23.8. The number of hydrogen-bond donors (Lipinski definition) is 5. The van der Waals surface area contributed by atoms with Crippen molar-refractivity contribution in [2.24, 2.45) is 17.8 Å². The molecule has 1 aromatic heterocycles. The number of hydrogen-bond acceptors (Lipinski definition) is 19. The van der Waals surface area contributed by atoms with Crippen LogP contribution in [0.1, 0.15) is 124 Å². The molecule has 2 aromatic rings. The van der Waals surface area contributed by atoms with Gasteiger partial charge in [-0.1, -0.05) is 20.8 Å². The summed E-state index contributed by atoms with van der Waals surface area (Å²) in [5, 5.41) is 40.7. The lowest BCUT2D eigenvalue weighted by Gasteiger charge is -2.49. The van der Waals surface area contributed by atoms with Crippen molar-refractivity contribution in [3.8, 4) is 0 Å². The highest BCUT2D eigenvalue weighted by Gasteiger charge is 2.58. The number of benzene rings is 1. The van der Waals surface area contributed by atoms with Gasteiger partial charge in [0.25, 0.3) is 0 Å². The van der Waals surface area contributed by atoms with Gasteiger partial charge in [-0.2, -0.15) is 0 Å². The molecule has 78 heavy (non-hydrogen) atoms. The van der Waals surface area contributed by atoms with E-state index in [1.54, 1.807) is 38.5 Å². The molecule has 5 fully saturated rings. The van der Waals surface area contributed by atoms with Crippen molar-refractivity contribution >= 4 is 34.7 Å². The molecule has 440 valence electrons. The number of esters is 1. The molecule has 0 bridgehead atoms. The number of rotatable bonds is 17. The van der Waals surface area contributed by atoms with Crippen molar-refractivity contribution in [3.05, 3.63) is 39.9 Å². The largest absolute Gasteiger partial charge is 0.509 e. The van der Waals surface area contributed by atoms with E-state index in [0.717, 1.165) is 18.9 Å². The molecule has 1 aromatic carbocycles. The van der Waals surface area contributed by atoms with Gasteiger partial charge in [-0.05, 0) is 120 Å². The molecule has 21 nitrogen and oxygen atoms in total. The number of carboxylic acid groups (broad SMARTS) is 1. The molecule has 4 saturated heterocycles. The van der Waals surface area contributed by atoms with Gasteiger partial charge in [0.1, 0.15) is 29.7 Å². The fourth-order valence-corrected chi connectivity index (χ4v) is 12.6. The Morgan fingerprint density at radius 2 is 1.67 bits per heavy atom. The summed E-state index contributed by atoms with van der Waals surface area (Å²) in [4.78, 5) is 56.4. The van der Waals surface area contributed by atoms with Crippen LogP contribution >= 0.6 is 0 Å². The van der Waals surface area contributed by atoms with E-state index in [1.807, 2.05) is 79.4 Å². The predicted octanol–water partition coefficient (Wildman–Crippen LogP) is 5.30. The lowest BCUT2D eigenvalue weighted by Crippen LogP contribution is -2.61. The maximum Gasteiger partial charge on any atom is 0.509 e. The highest BCUT2D eigenvalue weighted by Crippen LogP contribution is 2.43. The van der Waals surface area contributed by atoms with Crippen LogP contribution < -0.4 is 16.1 Å². The van der Waals surface area contributed by atoms with E-state index in [-0.39, 0.29) is 72.7 Å². The second kappa shape index (κ2) is 25.0. The number of carboxylic acids is 1. The average Bonchev–Trinajstić information content (AvgIpc) is 4.21. The van der Waals surface area contributed by atoms with E-state index in [2.05, 4.69) is 10.6 Å². The number of fused-ring (bicyclic) bond motifs is 2. The highest BCUT2D eigenvalue weighted by molar-refractivity contribution is 5.93. The molecular weight excluding hydrogens is 1020 g/mol. The van der Waals surface area contributed by atoms with Crippen molar-refractivity contribution < 1.29 is 76.7 Å². The van der Waals surface area contributed by atoms with Crippen LogP contribution in [0.3, 0.4) is 0 Å². The van der Waals surface area contributed by atoms with Crippen LogP contribution in [-0.4, -0.2) is 199 Å². The van der Waals surface area contributed by atoms with Crippen LogP contribution in [0.5, 0.6) is 0 Å². The zero-order chi connectivity index (χ0) is 57.3. The molecule has 1 saturated carbocycles. The molecule has 0 radical (unpaired) electrons. The van der Waals surface area contributed by atoms with Crippen LogP contribution in [0, 0.1) is 23.6 Å². The Morgan fingerprint density at radius 3 is 2.31 bits per heavy atom. The molecule has 0 amide bonds. The van der Waals surface area contributed by atoms with Crippen molar-refractivity contribution in [1.82, 2.24) is 19.7 Å². The summed E-state index contributed by atoms with van der Waals surface area (Å²) >= 11 is 0. The molecule has 18 atom stereocenters. The van der Waals surface area contributed by atoms with E-state index < -0.39 is 113 Å². The van der Waals surface area contributed by atoms with E-state index in [1.165, 1.54) is 6.20 Å². The van der Waals surface area contributed by atoms with E-state index >= 15 is 4.39 Å². The maximum atomic E-state index is 15.3. The maximum absolute atomic E-state index is 15.3. The number of methoxy groups -OCH3 is 1. The summed E-state index contributed by atoms with van der Waals surface area (Å²) in [6, 6.07) is 2.00. The average molecular weight is 1110 g/mol. The molecule has 5 aliphatic rings. The standard InChI is InChI=1S/C56H88FN5O16/c1-15-42-56(10)48(77-53(68)78-56)33(6)61(13)27-29(2)25-54(8,69)47(76-52-45(64)41(60(11)12)22-30(3)72-52)31(4)46(32(5)51(67)74-42)75-43-26-55(9,70-14)49(34(7)73-43)71-21-20-58-18-19-59-39-24-40-36(23-38(39)57)44(63)37(50(65)66)28-62(40)35-16-17-35/h23-24,28-35,41-43,45-49,52,58-59,64,69H,15-22,25-27H2,1-14H3,(H,65,66)/t29-,30+,31+,32+,33+,34-,41-,42-,43-,45+,46-,47+,48+,49-,52-,54+,55+,56+/m0/s1. The summed E-state index contributed by atoms with van der Waals surface area (Å²) in [5.41, 5.74) is -4.39. The fraction of sp³-hybridized carbons (Fsp3) is 0.786. The summed E-state index contributed by atoms with van der Waals surface area (Å²) < 4.78 is 74.7. The molecule has 0 unspecified atom stereocenters. The van der Waals surface area contributed by atoms with Crippen LogP contribution in [0.15, 0.2) is 23.1 Å². The zero-order valence-electron chi connectivity index (χ0n) is 48.1. The number of nitrogens with zero attached hydrogens (tertiary/aromatic N) is 3. The number of halogens is 1. The van der Waals surface area contributed by atoms with E-state index in [0.29, 0.717) is 38.1 Å². The Labute approximate surface area is 458 Å². The molecule has 7 rings (SSSR count). The smallest absolute Gasteiger partial charge is 0.477 e. The lowest BCUT2D eigenvalue weighted by molar-refractivity contribution is -0.320. The minimum absolute atomic E-state index is 0.0210. The third-order valence-corrected chi connectivity index (χ3v) is 17.1. The number of aromatic nitrogens is 1. The fourth-order valence-electron chi connectivity index (χ4n) is 12.6. The highest BCUT2D eigenvalue weighted by atomic mass is 19.1. The topological polar surface area (TPSA) is 248 Å². The van der Waals surface area contributed by atoms with Crippen molar-refractivity contribution in [2.75, 3.05) is 66.4 Å². The third kappa shape index (κ3) is 13.3. The number of aliphatic hydroxyl groups is 2. The van der Waals surface area contributed by atoms with Gasteiger partial charge in [0, 0.05) is 75.3 Å². The Bertz CT molecular complexity index is 2480. The number of nitrogens with one attached hydrogen (secondary N) is 2. The summed E-state index contributed by atoms with van der Waals surface area (Å²) in [6.07, 6.45) is -5.21. The summed E-state index contributed by atoms with van der Waals surface area (Å²) in [7, 11) is 7.26. The number of pyridine rings is 1. The first-order valence-electron chi connectivity index (χ1n) is 27.9. The number of likely N-dealkylation sites (N-methyl/N-ethyl adjacent to an activating group) is 2. The lowest BCUT2D eigenvalue weighted by atomic mass is 9.77. The van der Waals surface area contributed by atoms with Crippen molar-refractivity contribution in [1.29, 1.82) is 0 Å². The van der Waals surface area contributed by atoms with Gasteiger partial charge in [0.2, 0.25) is 5.43 Å². The third-order valence-electron chi connectivity index (χ3n) is 17.1. The number of anilines is 1. The number of aliphatic hydroxyl groups excluding tert-OH is 1. The summed E-state index contributed by atoms with van der Waals surface area (Å²) in [6.45, 7) is 20.3. The van der Waals surface area contributed by atoms with Crippen LogP contribution in [0.4, 0.5) is 14.9 Å². The normalized spacial score (nSPS) is 38.5. The first-order chi connectivity index (χ1) is 36.6.